The Morgan fingerprint density at radius 2 is 2.06 bits per heavy atom. The average molecular weight is 250 g/mol. The molecule has 1 atom stereocenters. The highest BCUT2D eigenvalue weighted by Crippen LogP contribution is 2.31. The first kappa shape index (κ1) is 13.2. The highest BCUT2D eigenvalue weighted by atomic mass is 19.1. The third kappa shape index (κ3) is 2.77. The van der Waals surface area contributed by atoms with E-state index >= 15 is 0 Å². The van der Waals surface area contributed by atoms with Gasteiger partial charge in [-0.3, -0.25) is 0 Å². The molecule has 1 saturated heterocycles. The zero-order valence-corrected chi connectivity index (χ0v) is 11.3. The molecule has 0 aliphatic carbocycles. The predicted molar refractivity (Wildman–Crippen MR) is 75.2 cm³/mol. The number of hydrogen-bond donors (Lipinski definition) is 1. The summed E-state index contributed by atoms with van der Waals surface area (Å²) in [5.74, 6) is 1.21. The third-order valence-electron chi connectivity index (χ3n) is 4.09. The molecule has 100 valence electrons. The van der Waals surface area contributed by atoms with E-state index in [0.717, 1.165) is 30.6 Å². The number of anilines is 2. The SMILES string of the molecule is CC(C)C1CCCN(c2cccc(F)c2N)CC1. The summed E-state index contributed by atoms with van der Waals surface area (Å²) in [5, 5.41) is 0. The molecule has 2 nitrogen and oxygen atoms in total. The van der Waals surface area contributed by atoms with E-state index in [2.05, 4.69) is 18.7 Å². The molecule has 0 amide bonds. The second-order valence-electron chi connectivity index (χ2n) is 5.59. The zero-order chi connectivity index (χ0) is 13.1. The lowest BCUT2D eigenvalue weighted by Crippen LogP contribution is -2.25. The fraction of sp³-hybridized carbons (Fsp3) is 0.600. The van der Waals surface area contributed by atoms with Crippen molar-refractivity contribution < 1.29 is 4.39 Å². The van der Waals surface area contributed by atoms with Gasteiger partial charge in [0.25, 0.3) is 0 Å². The fourth-order valence-corrected chi connectivity index (χ4v) is 2.83. The molecular formula is C15H23FN2. The van der Waals surface area contributed by atoms with E-state index in [1.165, 1.54) is 25.3 Å². The molecule has 1 aromatic rings. The molecule has 0 bridgehead atoms. The van der Waals surface area contributed by atoms with Gasteiger partial charge in [0.2, 0.25) is 0 Å². The lowest BCUT2D eigenvalue weighted by molar-refractivity contribution is 0.351. The Morgan fingerprint density at radius 1 is 1.28 bits per heavy atom. The van der Waals surface area contributed by atoms with Gasteiger partial charge >= 0.3 is 0 Å². The van der Waals surface area contributed by atoms with Crippen LogP contribution in [-0.4, -0.2) is 13.1 Å². The molecule has 0 saturated carbocycles. The summed E-state index contributed by atoms with van der Waals surface area (Å²) in [6.45, 7) is 6.54. The molecule has 1 unspecified atom stereocenters. The Labute approximate surface area is 109 Å². The van der Waals surface area contributed by atoms with E-state index in [4.69, 9.17) is 5.73 Å². The van der Waals surface area contributed by atoms with Crippen LogP contribution in [0.4, 0.5) is 15.8 Å². The standard InChI is InChI=1S/C15H23FN2/c1-11(2)12-5-4-9-18(10-8-12)14-7-3-6-13(16)15(14)17/h3,6-7,11-12H,4-5,8-10,17H2,1-2H3. The quantitative estimate of drug-likeness (QED) is 0.811. The molecule has 1 fully saturated rings. The second kappa shape index (κ2) is 5.59. The largest absolute Gasteiger partial charge is 0.395 e. The van der Waals surface area contributed by atoms with E-state index in [1.54, 1.807) is 6.07 Å². The maximum absolute atomic E-state index is 13.5. The van der Waals surface area contributed by atoms with Gasteiger partial charge in [-0.05, 0) is 43.2 Å². The van der Waals surface area contributed by atoms with Crippen LogP contribution >= 0.6 is 0 Å². The number of nitrogens with zero attached hydrogens (tertiary/aromatic N) is 1. The van der Waals surface area contributed by atoms with Crippen LogP contribution in [0.15, 0.2) is 18.2 Å². The van der Waals surface area contributed by atoms with Gasteiger partial charge < -0.3 is 10.6 Å². The van der Waals surface area contributed by atoms with Crippen molar-refractivity contribution in [2.75, 3.05) is 23.7 Å². The Bertz CT molecular complexity index is 403. The molecule has 0 spiro atoms. The minimum absolute atomic E-state index is 0.292. The fourth-order valence-electron chi connectivity index (χ4n) is 2.83. The minimum Gasteiger partial charge on any atom is -0.395 e. The number of nitrogen functional groups attached to an aromatic ring is 1. The monoisotopic (exact) mass is 250 g/mol. The summed E-state index contributed by atoms with van der Waals surface area (Å²) < 4.78 is 13.5. The first-order chi connectivity index (χ1) is 8.59. The summed E-state index contributed by atoms with van der Waals surface area (Å²) >= 11 is 0. The average Bonchev–Trinajstić information content (AvgIpc) is 2.58. The summed E-state index contributed by atoms with van der Waals surface area (Å²) in [6.07, 6.45) is 3.61. The first-order valence-electron chi connectivity index (χ1n) is 6.88. The van der Waals surface area contributed by atoms with Gasteiger partial charge in [-0.25, -0.2) is 4.39 Å². The highest BCUT2D eigenvalue weighted by molar-refractivity contribution is 5.68. The van der Waals surface area contributed by atoms with Crippen LogP contribution in [0.5, 0.6) is 0 Å². The highest BCUT2D eigenvalue weighted by Gasteiger charge is 2.21. The summed E-state index contributed by atoms with van der Waals surface area (Å²) in [6, 6.07) is 5.09. The van der Waals surface area contributed by atoms with Gasteiger partial charge in [-0.1, -0.05) is 19.9 Å². The maximum atomic E-state index is 13.5. The van der Waals surface area contributed by atoms with Crippen molar-refractivity contribution in [3.05, 3.63) is 24.0 Å². The van der Waals surface area contributed by atoms with E-state index in [1.807, 2.05) is 6.07 Å². The van der Waals surface area contributed by atoms with Crippen molar-refractivity contribution in [3.63, 3.8) is 0 Å². The molecule has 0 aromatic heterocycles. The topological polar surface area (TPSA) is 29.3 Å². The molecule has 0 radical (unpaired) electrons. The van der Waals surface area contributed by atoms with E-state index in [-0.39, 0.29) is 5.82 Å². The number of benzene rings is 1. The number of nitrogens with two attached hydrogens (primary N) is 1. The van der Waals surface area contributed by atoms with Crippen LogP contribution in [-0.2, 0) is 0 Å². The van der Waals surface area contributed by atoms with Gasteiger partial charge in [0, 0.05) is 13.1 Å². The molecule has 1 aromatic carbocycles. The van der Waals surface area contributed by atoms with Crippen LogP contribution < -0.4 is 10.6 Å². The van der Waals surface area contributed by atoms with Crippen molar-refractivity contribution >= 4 is 11.4 Å². The van der Waals surface area contributed by atoms with Gasteiger partial charge in [-0.15, -0.1) is 0 Å². The Hall–Kier alpha value is -1.25. The van der Waals surface area contributed by atoms with Crippen molar-refractivity contribution in [1.82, 2.24) is 0 Å². The summed E-state index contributed by atoms with van der Waals surface area (Å²) in [4.78, 5) is 2.24. The van der Waals surface area contributed by atoms with Gasteiger partial charge in [-0.2, -0.15) is 0 Å². The maximum Gasteiger partial charge on any atom is 0.148 e. The van der Waals surface area contributed by atoms with Crippen LogP contribution in [0, 0.1) is 17.7 Å². The lowest BCUT2D eigenvalue weighted by atomic mass is 9.89. The molecule has 1 aliphatic rings. The number of para-hydroxylation sites is 1. The normalized spacial score (nSPS) is 21.1. The lowest BCUT2D eigenvalue weighted by Gasteiger charge is -2.25. The molecule has 1 aliphatic heterocycles. The Kier molecular flexibility index (Phi) is 4.10. The van der Waals surface area contributed by atoms with Crippen LogP contribution in [0.1, 0.15) is 33.1 Å². The van der Waals surface area contributed by atoms with E-state index < -0.39 is 0 Å². The van der Waals surface area contributed by atoms with Crippen molar-refractivity contribution in [3.8, 4) is 0 Å². The zero-order valence-electron chi connectivity index (χ0n) is 11.3. The Balaban J connectivity index is 2.12. The van der Waals surface area contributed by atoms with Crippen molar-refractivity contribution in [1.29, 1.82) is 0 Å². The third-order valence-corrected chi connectivity index (χ3v) is 4.09. The van der Waals surface area contributed by atoms with Crippen LogP contribution in [0.2, 0.25) is 0 Å². The van der Waals surface area contributed by atoms with Gasteiger partial charge in [0.15, 0.2) is 0 Å². The molecule has 2 N–H and O–H groups in total. The first-order valence-corrected chi connectivity index (χ1v) is 6.88. The number of hydrogen-bond acceptors (Lipinski definition) is 2. The van der Waals surface area contributed by atoms with Gasteiger partial charge in [0.05, 0.1) is 11.4 Å². The molecule has 3 heteroatoms. The van der Waals surface area contributed by atoms with Gasteiger partial charge in [0.1, 0.15) is 5.82 Å². The summed E-state index contributed by atoms with van der Waals surface area (Å²) in [5.41, 5.74) is 6.99. The smallest absolute Gasteiger partial charge is 0.148 e. The minimum atomic E-state index is -0.308. The molecule has 18 heavy (non-hydrogen) atoms. The molecule has 1 heterocycles. The molecule has 2 rings (SSSR count). The van der Waals surface area contributed by atoms with Crippen LogP contribution in [0.3, 0.4) is 0 Å². The number of rotatable bonds is 2. The molecular weight excluding hydrogens is 227 g/mol. The Morgan fingerprint density at radius 3 is 2.78 bits per heavy atom. The van der Waals surface area contributed by atoms with E-state index in [9.17, 15) is 4.39 Å². The summed E-state index contributed by atoms with van der Waals surface area (Å²) in [7, 11) is 0. The van der Waals surface area contributed by atoms with Crippen LogP contribution in [0.25, 0.3) is 0 Å². The van der Waals surface area contributed by atoms with Crippen molar-refractivity contribution in [2.45, 2.75) is 33.1 Å². The van der Waals surface area contributed by atoms with E-state index in [0.29, 0.717) is 5.69 Å². The predicted octanol–water partition coefficient (Wildman–Crippen LogP) is 3.67. The second-order valence-corrected chi connectivity index (χ2v) is 5.59. The van der Waals surface area contributed by atoms with Crippen molar-refractivity contribution in [2.24, 2.45) is 11.8 Å². The number of halogens is 1.